The molecule has 0 atom stereocenters. The van der Waals surface area contributed by atoms with Gasteiger partial charge in [0, 0.05) is 25.2 Å². The Morgan fingerprint density at radius 3 is 2.38 bits per heavy atom. The Labute approximate surface area is 154 Å². The van der Waals surface area contributed by atoms with Crippen LogP contribution in [0, 0.1) is 12.3 Å². The first kappa shape index (κ1) is 20.4. The highest BCUT2D eigenvalue weighted by Gasteiger charge is 2.29. The van der Waals surface area contributed by atoms with Crippen LogP contribution >= 0.6 is 0 Å². The van der Waals surface area contributed by atoms with Crippen molar-refractivity contribution in [3.8, 4) is 0 Å². The molecule has 1 amide bonds. The van der Waals surface area contributed by atoms with E-state index in [4.69, 9.17) is 5.11 Å². The first-order chi connectivity index (χ1) is 12.1. The van der Waals surface area contributed by atoms with Gasteiger partial charge in [-0.3, -0.25) is 9.59 Å². The molecule has 7 nitrogen and oxygen atoms in total. The predicted octanol–water partition coefficient (Wildman–Crippen LogP) is 2.01. The Morgan fingerprint density at radius 2 is 1.81 bits per heavy atom. The highest BCUT2D eigenvalue weighted by Crippen LogP contribution is 2.23. The van der Waals surface area contributed by atoms with Crippen LogP contribution in [0.3, 0.4) is 0 Å². The second-order valence-electron chi connectivity index (χ2n) is 7.31. The van der Waals surface area contributed by atoms with Crippen molar-refractivity contribution in [3.63, 3.8) is 0 Å². The molecule has 0 aliphatic carbocycles. The van der Waals surface area contributed by atoms with Gasteiger partial charge < -0.3 is 10.4 Å². The monoisotopic (exact) mass is 382 g/mol. The third kappa shape index (κ3) is 4.42. The van der Waals surface area contributed by atoms with Crippen LogP contribution < -0.4 is 5.32 Å². The van der Waals surface area contributed by atoms with Crippen molar-refractivity contribution >= 4 is 21.9 Å². The Morgan fingerprint density at radius 1 is 1.19 bits per heavy atom. The number of amides is 1. The molecule has 1 aliphatic rings. The smallest absolute Gasteiger partial charge is 0.310 e. The number of benzene rings is 1. The lowest BCUT2D eigenvalue weighted by Crippen LogP contribution is -2.39. The fourth-order valence-corrected chi connectivity index (χ4v) is 4.28. The van der Waals surface area contributed by atoms with Crippen molar-refractivity contribution in [3.05, 3.63) is 29.3 Å². The van der Waals surface area contributed by atoms with E-state index in [0.29, 0.717) is 18.7 Å². The molecular formula is C18H26N2O5S. The zero-order chi connectivity index (χ0) is 19.5. The van der Waals surface area contributed by atoms with E-state index in [1.165, 1.54) is 30.3 Å². The second kappa shape index (κ2) is 7.75. The van der Waals surface area contributed by atoms with Crippen LogP contribution in [0.25, 0.3) is 0 Å². The Hall–Kier alpha value is -1.93. The molecule has 0 spiro atoms. The molecule has 2 N–H and O–H groups in total. The topological polar surface area (TPSA) is 104 Å². The first-order valence-electron chi connectivity index (χ1n) is 8.68. The Balaban J connectivity index is 2.24. The average molecular weight is 382 g/mol. The number of sulfonamides is 1. The molecule has 8 heteroatoms. The van der Waals surface area contributed by atoms with Gasteiger partial charge in [-0.2, -0.15) is 4.31 Å². The van der Waals surface area contributed by atoms with Crippen LogP contribution in [-0.2, 0) is 14.8 Å². The van der Waals surface area contributed by atoms with Crippen molar-refractivity contribution in [2.75, 3.05) is 19.6 Å². The van der Waals surface area contributed by atoms with Crippen molar-refractivity contribution in [1.82, 2.24) is 9.62 Å². The number of hydrogen-bond acceptors (Lipinski definition) is 4. The summed E-state index contributed by atoms with van der Waals surface area (Å²) >= 11 is 0. The summed E-state index contributed by atoms with van der Waals surface area (Å²) in [6.07, 6.45) is 2.69. The van der Waals surface area contributed by atoms with Crippen LogP contribution in [-0.4, -0.2) is 49.3 Å². The fourth-order valence-electron chi connectivity index (χ4n) is 2.73. The summed E-state index contributed by atoms with van der Waals surface area (Å²) in [5.41, 5.74) is -0.237. The van der Waals surface area contributed by atoms with Gasteiger partial charge in [-0.15, -0.1) is 0 Å². The number of rotatable bonds is 6. The number of piperidine rings is 1. The van der Waals surface area contributed by atoms with E-state index < -0.39 is 27.3 Å². The number of nitrogens with one attached hydrogen (secondary N) is 1. The van der Waals surface area contributed by atoms with Gasteiger partial charge >= 0.3 is 5.97 Å². The number of aryl methyl sites for hydroxylation is 1. The summed E-state index contributed by atoms with van der Waals surface area (Å²) in [4.78, 5) is 23.7. The first-order valence-corrected chi connectivity index (χ1v) is 10.1. The standard InChI is InChI=1S/C18H26N2O5S/c1-13-7-8-14(26(24,25)20-9-5-4-6-10-20)11-15(13)16(21)19-12-18(2,3)17(22)23/h7-8,11H,4-6,9-10,12H2,1-3H3,(H,19,21)(H,22,23). The van der Waals surface area contributed by atoms with E-state index >= 15 is 0 Å². The van der Waals surface area contributed by atoms with Crippen molar-refractivity contribution in [2.24, 2.45) is 5.41 Å². The largest absolute Gasteiger partial charge is 0.481 e. The summed E-state index contributed by atoms with van der Waals surface area (Å²) < 4.78 is 27.0. The molecule has 26 heavy (non-hydrogen) atoms. The maximum absolute atomic E-state index is 12.8. The van der Waals surface area contributed by atoms with Gasteiger partial charge in [0.1, 0.15) is 0 Å². The number of carboxylic acids is 1. The molecule has 1 saturated heterocycles. The summed E-state index contributed by atoms with van der Waals surface area (Å²) in [7, 11) is -3.63. The number of nitrogens with zero attached hydrogens (tertiary/aromatic N) is 1. The molecule has 1 aliphatic heterocycles. The highest BCUT2D eigenvalue weighted by atomic mass is 32.2. The van der Waals surface area contributed by atoms with Crippen molar-refractivity contribution < 1.29 is 23.1 Å². The quantitative estimate of drug-likeness (QED) is 0.783. The maximum Gasteiger partial charge on any atom is 0.310 e. The van der Waals surface area contributed by atoms with Crippen LogP contribution in [0.2, 0.25) is 0 Å². The number of carbonyl (C=O) groups is 2. The predicted molar refractivity (Wildman–Crippen MR) is 97.5 cm³/mol. The minimum atomic E-state index is -3.63. The lowest BCUT2D eigenvalue weighted by atomic mass is 9.93. The van der Waals surface area contributed by atoms with E-state index in [9.17, 15) is 18.0 Å². The zero-order valence-electron chi connectivity index (χ0n) is 15.4. The van der Waals surface area contributed by atoms with Crippen LogP contribution in [0.1, 0.15) is 49.0 Å². The normalized spacial score (nSPS) is 16.3. The highest BCUT2D eigenvalue weighted by molar-refractivity contribution is 7.89. The molecule has 0 bridgehead atoms. The second-order valence-corrected chi connectivity index (χ2v) is 9.25. The Kier molecular flexibility index (Phi) is 6.08. The van der Waals surface area contributed by atoms with Gasteiger partial charge in [0.25, 0.3) is 5.91 Å². The molecule has 1 aromatic carbocycles. The zero-order valence-corrected chi connectivity index (χ0v) is 16.2. The molecule has 0 aromatic heterocycles. The van der Waals surface area contributed by atoms with Crippen molar-refractivity contribution in [1.29, 1.82) is 0 Å². The number of hydrogen-bond donors (Lipinski definition) is 2. The van der Waals surface area contributed by atoms with E-state index in [1.54, 1.807) is 13.0 Å². The summed E-state index contributed by atoms with van der Waals surface area (Å²) in [5.74, 6) is -1.50. The lowest BCUT2D eigenvalue weighted by Gasteiger charge is -2.26. The SMILES string of the molecule is Cc1ccc(S(=O)(=O)N2CCCCC2)cc1C(=O)NCC(C)(C)C(=O)O. The van der Waals surface area contributed by atoms with Gasteiger partial charge in [-0.1, -0.05) is 12.5 Å². The van der Waals surface area contributed by atoms with E-state index in [2.05, 4.69) is 5.32 Å². The third-order valence-electron chi connectivity index (χ3n) is 4.68. The van der Waals surface area contributed by atoms with Gasteiger partial charge in [0.2, 0.25) is 10.0 Å². The number of aliphatic carboxylic acids is 1. The number of carbonyl (C=O) groups excluding carboxylic acids is 1. The van der Waals surface area contributed by atoms with E-state index in [-0.39, 0.29) is 17.0 Å². The fraction of sp³-hybridized carbons (Fsp3) is 0.556. The summed E-state index contributed by atoms with van der Waals surface area (Å²) in [6, 6.07) is 4.49. The minimum absolute atomic E-state index is 0.0519. The van der Waals surface area contributed by atoms with Gasteiger partial charge in [0.05, 0.1) is 10.3 Å². The number of carboxylic acid groups (broad SMARTS) is 1. The molecule has 0 unspecified atom stereocenters. The van der Waals surface area contributed by atoms with Gasteiger partial charge in [-0.25, -0.2) is 8.42 Å². The Bertz CT molecular complexity index is 796. The molecule has 1 fully saturated rings. The molecule has 1 heterocycles. The maximum atomic E-state index is 12.8. The lowest BCUT2D eigenvalue weighted by molar-refractivity contribution is -0.146. The molecule has 0 radical (unpaired) electrons. The summed E-state index contributed by atoms with van der Waals surface area (Å²) in [6.45, 7) is 5.67. The van der Waals surface area contributed by atoms with Crippen molar-refractivity contribution in [2.45, 2.75) is 44.9 Å². The van der Waals surface area contributed by atoms with E-state index in [1.807, 2.05) is 0 Å². The molecular weight excluding hydrogens is 356 g/mol. The summed E-state index contributed by atoms with van der Waals surface area (Å²) in [5, 5.41) is 11.7. The van der Waals surface area contributed by atoms with Gasteiger partial charge in [0.15, 0.2) is 0 Å². The van der Waals surface area contributed by atoms with E-state index in [0.717, 1.165) is 19.3 Å². The van der Waals surface area contributed by atoms with Gasteiger partial charge in [-0.05, 0) is 51.3 Å². The molecule has 1 aromatic rings. The third-order valence-corrected chi connectivity index (χ3v) is 6.57. The molecule has 2 rings (SSSR count). The van der Waals surface area contributed by atoms with Crippen LogP contribution in [0.15, 0.2) is 23.1 Å². The van der Waals surface area contributed by atoms with Crippen LogP contribution in [0.5, 0.6) is 0 Å². The minimum Gasteiger partial charge on any atom is -0.481 e. The molecule has 0 saturated carbocycles. The average Bonchev–Trinajstić information content (AvgIpc) is 2.60. The molecule has 144 valence electrons. The van der Waals surface area contributed by atoms with Crippen LogP contribution in [0.4, 0.5) is 0 Å².